The Morgan fingerprint density at radius 2 is 2.00 bits per heavy atom. The first-order valence-electron chi connectivity index (χ1n) is 8.82. The third kappa shape index (κ3) is 3.78. The van der Waals surface area contributed by atoms with Crippen LogP contribution in [0.15, 0.2) is 42.5 Å². The molecule has 1 fully saturated rings. The molecule has 132 valence electrons. The summed E-state index contributed by atoms with van der Waals surface area (Å²) in [7, 11) is 1.63. The molecule has 1 saturated carbocycles. The zero-order chi connectivity index (χ0) is 17.8. The zero-order valence-electron chi connectivity index (χ0n) is 14.8. The topological polar surface area (TPSA) is 58.6 Å². The normalized spacial score (nSPS) is 18.6. The van der Waals surface area contributed by atoms with Gasteiger partial charge in [-0.2, -0.15) is 0 Å². The van der Waals surface area contributed by atoms with Gasteiger partial charge in [-0.25, -0.2) is 0 Å². The highest BCUT2D eigenvalue weighted by Gasteiger charge is 2.33. The van der Waals surface area contributed by atoms with Crippen molar-refractivity contribution in [2.45, 2.75) is 38.6 Å². The Balaban J connectivity index is 1.99. The van der Waals surface area contributed by atoms with Crippen LogP contribution in [0.4, 0.5) is 5.69 Å². The highest BCUT2D eigenvalue weighted by Crippen LogP contribution is 2.39. The van der Waals surface area contributed by atoms with Crippen molar-refractivity contribution in [3.05, 3.63) is 53.6 Å². The molecule has 2 aromatic carbocycles. The Kier molecular flexibility index (Phi) is 5.27. The lowest BCUT2D eigenvalue weighted by Gasteiger charge is -2.31. The molecule has 0 amide bonds. The number of carbonyl (C=O) groups is 1. The number of Topliss-reactive ketones (excluding diaryl/α,β-unsaturated/α-hetero) is 1. The van der Waals surface area contributed by atoms with Crippen molar-refractivity contribution in [3.63, 3.8) is 0 Å². The number of phenols is 1. The number of hydrogen-bond acceptors (Lipinski definition) is 4. The summed E-state index contributed by atoms with van der Waals surface area (Å²) in [5.41, 5.74) is 2.48. The van der Waals surface area contributed by atoms with Crippen molar-refractivity contribution in [2.24, 2.45) is 5.92 Å². The number of anilines is 1. The maximum absolute atomic E-state index is 12.6. The van der Waals surface area contributed by atoms with E-state index in [9.17, 15) is 9.90 Å². The second kappa shape index (κ2) is 7.60. The van der Waals surface area contributed by atoms with Crippen LogP contribution in [-0.2, 0) is 4.79 Å². The van der Waals surface area contributed by atoms with Gasteiger partial charge in [-0.1, -0.05) is 30.7 Å². The third-order valence-corrected chi connectivity index (χ3v) is 5.00. The Bertz CT molecular complexity index is 757. The predicted octanol–water partition coefficient (Wildman–Crippen LogP) is 4.62. The summed E-state index contributed by atoms with van der Waals surface area (Å²) in [6.45, 7) is 1.88. The van der Waals surface area contributed by atoms with Crippen LogP contribution in [0.5, 0.6) is 11.5 Å². The molecular formula is C21H25NO3. The standard InChI is InChI=1S/C21H25NO3/c1-14-7-5-11-18(21(14)24)20(17-10-3-4-12-19(17)23)22-15-8-6-9-16(13-15)25-2/h5-9,11,13,17,20,22,24H,3-4,10,12H2,1-2H3/t17-,20-/m1/s1. The van der Waals surface area contributed by atoms with E-state index in [1.54, 1.807) is 7.11 Å². The van der Waals surface area contributed by atoms with Crippen LogP contribution in [0.25, 0.3) is 0 Å². The summed E-state index contributed by atoms with van der Waals surface area (Å²) in [5.74, 6) is 1.16. The number of aromatic hydroxyl groups is 1. The van der Waals surface area contributed by atoms with E-state index in [2.05, 4.69) is 5.32 Å². The van der Waals surface area contributed by atoms with Crippen LogP contribution in [0.3, 0.4) is 0 Å². The Labute approximate surface area is 148 Å². The first-order valence-corrected chi connectivity index (χ1v) is 8.82. The van der Waals surface area contributed by atoms with Crippen molar-refractivity contribution in [1.29, 1.82) is 0 Å². The summed E-state index contributed by atoms with van der Waals surface area (Å²) in [6, 6.07) is 13.1. The number of ketones is 1. The first-order chi connectivity index (χ1) is 12.1. The van der Waals surface area contributed by atoms with Crippen LogP contribution in [0, 0.1) is 12.8 Å². The summed E-state index contributed by atoms with van der Waals surface area (Å²) in [4.78, 5) is 12.6. The van der Waals surface area contributed by atoms with E-state index in [0.717, 1.165) is 41.8 Å². The van der Waals surface area contributed by atoms with Crippen molar-refractivity contribution in [1.82, 2.24) is 0 Å². The van der Waals surface area contributed by atoms with E-state index in [1.165, 1.54) is 0 Å². The van der Waals surface area contributed by atoms with Gasteiger partial charge in [0.1, 0.15) is 17.3 Å². The molecule has 2 N–H and O–H groups in total. The molecular weight excluding hydrogens is 314 g/mol. The van der Waals surface area contributed by atoms with E-state index in [4.69, 9.17) is 4.74 Å². The maximum Gasteiger partial charge on any atom is 0.138 e. The van der Waals surface area contributed by atoms with Gasteiger partial charge in [-0.3, -0.25) is 4.79 Å². The number of aryl methyl sites for hydroxylation is 1. The third-order valence-electron chi connectivity index (χ3n) is 5.00. The summed E-state index contributed by atoms with van der Waals surface area (Å²) >= 11 is 0. The number of benzene rings is 2. The molecule has 0 heterocycles. The van der Waals surface area contributed by atoms with Crippen molar-refractivity contribution in [2.75, 3.05) is 12.4 Å². The highest BCUT2D eigenvalue weighted by molar-refractivity contribution is 5.83. The molecule has 1 aliphatic rings. The second-order valence-corrected chi connectivity index (χ2v) is 6.69. The summed E-state index contributed by atoms with van der Waals surface area (Å²) in [6.07, 6.45) is 3.46. The largest absolute Gasteiger partial charge is 0.507 e. The van der Waals surface area contributed by atoms with Crippen LogP contribution < -0.4 is 10.1 Å². The maximum atomic E-state index is 12.6. The van der Waals surface area contributed by atoms with Crippen LogP contribution in [0.2, 0.25) is 0 Å². The molecule has 2 aromatic rings. The molecule has 0 radical (unpaired) electrons. The minimum Gasteiger partial charge on any atom is -0.507 e. The lowest BCUT2D eigenvalue weighted by atomic mass is 9.79. The molecule has 0 spiro atoms. The fraction of sp³-hybridized carbons (Fsp3) is 0.381. The van der Waals surface area contributed by atoms with Gasteiger partial charge in [-0.15, -0.1) is 0 Å². The quantitative estimate of drug-likeness (QED) is 0.834. The molecule has 0 aliphatic heterocycles. The average Bonchev–Trinajstić information content (AvgIpc) is 2.63. The van der Waals surface area contributed by atoms with Crippen LogP contribution >= 0.6 is 0 Å². The number of para-hydroxylation sites is 1. The smallest absolute Gasteiger partial charge is 0.138 e. The molecule has 4 heteroatoms. The minimum atomic E-state index is -0.250. The van der Waals surface area contributed by atoms with Gasteiger partial charge in [0.05, 0.1) is 13.2 Å². The van der Waals surface area contributed by atoms with Gasteiger partial charge < -0.3 is 15.2 Å². The number of rotatable bonds is 5. The van der Waals surface area contributed by atoms with Crippen molar-refractivity contribution in [3.8, 4) is 11.5 Å². The van der Waals surface area contributed by atoms with Gasteiger partial charge in [0.25, 0.3) is 0 Å². The predicted molar refractivity (Wildman–Crippen MR) is 99.2 cm³/mol. The number of phenolic OH excluding ortho intramolecular Hbond substituents is 1. The van der Waals surface area contributed by atoms with E-state index in [0.29, 0.717) is 6.42 Å². The first kappa shape index (κ1) is 17.3. The summed E-state index contributed by atoms with van der Waals surface area (Å²) < 4.78 is 5.30. The Morgan fingerprint density at radius 1 is 1.20 bits per heavy atom. The molecule has 1 aliphatic carbocycles. The zero-order valence-corrected chi connectivity index (χ0v) is 14.8. The van der Waals surface area contributed by atoms with Gasteiger partial charge in [0, 0.05) is 29.7 Å². The number of hydrogen-bond donors (Lipinski definition) is 2. The van der Waals surface area contributed by atoms with E-state index >= 15 is 0 Å². The number of methoxy groups -OCH3 is 1. The molecule has 2 atom stereocenters. The fourth-order valence-electron chi connectivity index (χ4n) is 3.58. The fourth-order valence-corrected chi connectivity index (χ4v) is 3.58. The van der Waals surface area contributed by atoms with Gasteiger partial charge in [0.2, 0.25) is 0 Å². The molecule has 0 aromatic heterocycles. The van der Waals surface area contributed by atoms with Crippen molar-refractivity contribution < 1.29 is 14.6 Å². The molecule has 0 saturated heterocycles. The number of ether oxygens (including phenoxy) is 1. The van der Waals surface area contributed by atoms with E-state index < -0.39 is 0 Å². The molecule has 0 bridgehead atoms. The highest BCUT2D eigenvalue weighted by atomic mass is 16.5. The second-order valence-electron chi connectivity index (χ2n) is 6.69. The van der Waals surface area contributed by atoms with E-state index in [1.807, 2.05) is 49.4 Å². The van der Waals surface area contributed by atoms with Crippen molar-refractivity contribution >= 4 is 11.5 Å². The average molecular weight is 339 g/mol. The molecule has 0 unspecified atom stereocenters. The molecule has 3 rings (SSSR count). The molecule has 4 nitrogen and oxygen atoms in total. The Morgan fingerprint density at radius 3 is 2.76 bits per heavy atom. The summed E-state index contributed by atoms with van der Waals surface area (Å²) in [5, 5.41) is 14.1. The van der Waals surface area contributed by atoms with Gasteiger partial charge in [-0.05, 0) is 37.5 Å². The lowest BCUT2D eigenvalue weighted by Crippen LogP contribution is -2.30. The van der Waals surface area contributed by atoms with Crippen LogP contribution in [-0.4, -0.2) is 18.0 Å². The minimum absolute atomic E-state index is 0.132. The van der Waals surface area contributed by atoms with Crippen LogP contribution in [0.1, 0.15) is 42.9 Å². The number of nitrogens with one attached hydrogen (secondary N) is 1. The Hall–Kier alpha value is -2.49. The number of carbonyl (C=O) groups excluding carboxylic acids is 1. The van der Waals surface area contributed by atoms with Gasteiger partial charge in [0.15, 0.2) is 0 Å². The lowest BCUT2D eigenvalue weighted by molar-refractivity contribution is -0.125. The van der Waals surface area contributed by atoms with Gasteiger partial charge >= 0.3 is 0 Å². The van der Waals surface area contributed by atoms with E-state index in [-0.39, 0.29) is 23.5 Å². The SMILES string of the molecule is COc1cccc(N[C@@H](c2cccc(C)c2O)[C@@H]2CCCCC2=O)c1. The molecule has 25 heavy (non-hydrogen) atoms. The monoisotopic (exact) mass is 339 g/mol.